The lowest BCUT2D eigenvalue weighted by Gasteiger charge is -2.34. The molecule has 0 amide bonds. The lowest BCUT2D eigenvalue weighted by atomic mass is 10.1. The van der Waals surface area contributed by atoms with Crippen molar-refractivity contribution in [3.8, 4) is 11.5 Å². The Morgan fingerprint density at radius 2 is 1.48 bits per heavy atom. The van der Waals surface area contributed by atoms with E-state index in [4.69, 9.17) is 4.98 Å². The Hall–Kier alpha value is -3.23. The van der Waals surface area contributed by atoms with E-state index >= 15 is 0 Å². The molecule has 5 nitrogen and oxygen atoms in total. The summed E-state index contributed by atoms with van der Waals surface area (Å²) in [5.74, 6) is 0.764. The van der Waals surface area contributed by atoms with Crippen LogP contribution in [-0.4, -0.2) is 50.9 Å². The first kappa shape index (κ1) is 21.6. The second kappa shape index (κ2) is 8.96. The fourth-order valence-electron chi connectivity index (χ4n) is 4.19. The number of pyridine rings is 1. The van der Waals surface area contributed by atoms with Gasteiger partial charge in [-0.3, -0.25) is 14.8 Å². The number of piperazine rings is 1. The molecule has 0 atom stereocenters. The number of alkyl halides is 3. The highest BCUT2D eigenvalue weighted by molar-refractivity contribution is 5.79. The minimum Gasteiger partial charge on any atom is -0.337 e. The predicted molar refractivity (Wildman–Crippen MR) is 121 cm³/mol. The normalized spacial score (nSPS) is 15.8. The first-order valence-electron chi connectivity index (χ1n) is 10.9. The van der Waals surface area contributed by atoms with E-state index in [1.807, 2.05) is 18.2 Å². The molecular weight excluding hydrogens is 427 g/mol. The Morgan fingerprint density at radius 3 is 2.12 bits per heavy atom. The van der Waals surface area contributed by atoms with Crippen LogP contribution in [0.4, 0.5) is 13.2 Å². The second-order valence-electron chi connectivity index (χ2n) is 8.40. The molecule has 1 fully saturated rings. The zero-order chi connectivity index (χ0) is 22.8. The van der Waals surface area contributed by atoms with Gasteiger partial charge in [-0.1, -0.05) is 24.3 Å². The van der Waals surface area contributed by atoms with Crippen molar-refractivity contribution in [1.29, 1.82) is 0 Å². The molecule has 1 aliphatic rings. The zero-order valence-corrected chi connectivity index (χ0v) is 18.0. The minimum absolute atomic E-state index is 0.600. The highest BCUT2D eigenvalue weighted by Crippen LogP contribution is 2.29. The summed E-state index contributed by atoms with van der Waals surface area (Å²) >= 11 is 0. The topological polar surface area (TPSA) is 48.0 Å². The van der Waals surface area contributed by atoms with Crippen molar-refractivity contribution in [2.45, 2.75) is 19.3 Å². The van der Waals surface area contributed by atoms with Crippen molar-refractivity contribution < 1.29 is 13.2 Å². The summed E-state index contributed by atoms with van der Waals surface area (Å²) in [5, 5.41) is 0. The molecule has 3 heterocycles. The van der Waals surface area contributed by atoms with Crippen LogP contribution in [0.5, 0.6) is 0 Å². The second-order valence-corrected chi connectivity index (χ2v) is 8.40. The van der Waals surface area contributed by atoms with Gasteiger partial charge in [-0.25, -0.2) is 4.98 Å². The fraction of sp³-hybridized carbons (Fsp3) is 0.280. The van der Waals surface area contributed by atoms with E-state index in [1.54, 1.807) is 18.3 Å². The van der Waals surface area contributed by atoms with Gasteiger partial charge in [0.2, 0.25) is 0 Å². The molecule has 33 heavy (non-hydrogen) atoms. The van der Waals surface area contributed by atoms with Crippen molar-refractivity contribution in [2.75, 3.05) is 26.2 Å². The third-order valence-corrected chi connectivity index (χ3v) is 6.01. The molecule has 1 N–H and O–H groups in total. The molecule has 0 aliphatic carbocycles. The van der Waals surface area contributed by atoms with Gasteiger partial charge in [-0.05, 0) is 47.5 Å². The van der Waals surface area contributed by atoms with Gasteiger partial charge in [0, 0.05) is 45.5 Å². The van der Waals surface area contributed by atoms with Crippen LogP contribution in [0.2, 0.25) is 0 Å². The molecule has 0 spiro atoms. The van der Waals surface area contributed by atoms with Crippen LogP contribution in [-0.2, 0) is 19.3 Å². The van der Waals surface area contributed by atoms with Gasteiger partial charge in [0.1, 0.15) is 5.69 Å². The van der Waals surface area contributed by atoms with Gasteiger partial charge in [-0.2, -0.15) is 13.2 Å². The van der Waals surface area contributed by atoms with Crippen LogP contribution in [0.1, 0.15) is 16.7 Å². The van der Waals surface area contributed by atoms with E-state index < -0.39 is 11.7 Å². The number of rotatable bonds is 5. The van der Waals surface area contributed by atoms with Gasteiger partial charge < -0.3 is 4.98 Å². The van der Waals surface area contributed by atoms with Crippen LogP contribution in [0.15, 0.2) is 66.9 Å². The summed E-state index contributed by atoms with van der Waals surface area (Å²) in [6.07, 6.45) is -2.53. The van der Waals surface area contributed by atoms with Gasteiger partial charge in [0.25, 0.3) is 0 Å². The average molecular weight is 451 g/mol. The summed E-state index contributed by atoms with van der Waals surface area (Å²) in [6, 6.07) is 17.5. The Balaban J connectivity index is 1.17. The largest absolute Gasteiger partial charge is 0.416 e. The van der Waals surface area contributed by atoms with Gasteiger partial charge in [-0.15, -0.1) is 0 Å². The fourth-order valence-corrected chi connectivity index (χ4v) is 4.19. The smallest absolute Gasteiger partial charge is 0.337 e. The molecule has 4 aromatic rings. The van der Waals surface area contributed by atoms with Gasteiger partial charge in [0.05, 0.1) is 16.6 Å². The molecule has 1 aliphatic heterocycles. The number of halogens is 3. The number of nitrogens with one attached hydrogen (secondary N) is 1. The van der Waals surface area contributed by atoms with Crippen LogP contribution in [0, 0.1) is 0 Å². The number of aromatic amines is 1. The highest BCUT2D eigenvalue weighted by Gasteiger charge is 2.30. The lowest BCUT2D eigenvalue weighted by Crippen LogP contribution is -2.45. The van der Waals surface area contributed by atoms with E-state index in [0.29, 0.717) is 6.54 Å². The lowest BCUT2D eigenvalue weighted by molar-refractivity contribution is -0.137. The molecule has 5 rings (SSSR count). The molecule has 170 valence electrons. The van der Waals surface area contributed by atoms with Crippen molar-refractivity contribution in [1.82, 2.24) is 24.8 Å². The monoisotopic (exact) mass is 451 g/mol. The molecule has 0 unspecified atom stereocenters. The van der Waals surface area contributed by atoms with E-state index in [1.165, 1.54) is 5.56 Å². The number of benzene rings is 2. The van der Waals surface area contributed by atoms with Crippen LogP contribution in [0.3, 0.4) is 0 Å². The Morgan fingerprint density at radius 1 is 0.818 bits per heavy atom. The van der Waals surface area contributed by atoms with Gasteiger partial charge in [0.15, 0.2) is 5.82 Å². The quantitative estimate of drug-likeness (QED) is 0.466. The number of aromatic nitrogens is 3. The Bertz CT molecular complexity index is 1210. The van der Waals surface area contributed by atoms with Crippen LogP contribution < -0.4 is 0 Å². The molecule has 0 bridgehead atoms. The molecule has 0 saturated carbocycles. The molecule has 1 saturated heterocycles. The first-order valence-corrected chi connectivity index (χ1v) is 10.9. The van der Waals surface area contributed by atoms with Crippen molar-refractivity contribution in [3.05, 3.63) is 83.6 Å². The van der Waals surface area contributed by atoms with Gasteiger partial charge >= 0.3 is 6.18 Å². The number of hydrogen-bond donors (Lipinski definition) is 1. The van der Waals surface area contributed by atoms with E-state index in [0.717, 1.165) is 73.0 Å². The third-order valence-electron chi connectivity index (χ3n) is 6.01. The predicted octanol–water partition coefficient (Wildman–Crippen LogP) is 4.96. The van der Waals surface area contributed by atoms with Crippen molar-refractivity contribution in [2.24, 2.45) is 0 Å². The summed E-state index contributed by atoms with van der Waals surface area (Å²) in [6.45, 7) is 5.11. The third kappa shape index (κ3) is 5.07. The highest BCUT2D eigenvalue weighted by atomic mass is 19.4. The number of H-pyrrole nitrogens is 1. The number of nitrogens with zero attached hydrogens (tertiary/aromatic N) is 4. The zero-order valence-electron chi connectivity index (χ0n) is 18.0. The summed E-state index contributed by atoms with van der Waals surface area (Å²) in [4.78, 5) is 17.1. The Kier molecular flexibility index (Phi) is 5.86. The molecule has 8 heteroatoms. The number of imidazole rings is 1. The SMILES string of the molecule is FC(F)(F)c1ccc(CN2CCN(Cc3ccc4[nH]c(-c5ccccn5)nc4c3)CC2)cc1. The van der Waals surface area contributed by atoms with E-state index in [9.17, 15) is 13.2 Å². The molecular formula is C25H24F3N5. The summed E-state index contributed by atoms with van der Waals surface area (Å²) in [5.41, 5.74) is 4.24. The maximum atomic E-state index is 12.7. The van der Waals surface area contributed by atoms with Crippen molar-refractivity contribution >= 4 is 11.0 Å². The maximum Gasteiger partial charge on any atom is 0.416 e. The van der Waals surface area contributed by atoms with E-state index in [2.05, 4.69) is 38.0 Å². The standard InChI is InChI=1S/C25H24F3N5/c26-25(27,28)20-7-4-18(5-8-20)16-32-11-13-33(14-12-32)17-19-6-9-21-23(15-19)31-24(30-21)22-3-1-2-10-29-22/h1-10,15H,11-14,16-17H2,(H,30,31). The van der Waals surface area contributed by atoms with Crippen LogP contribution >= 0.6 is 0 Å². The summed E-state index contributed by atoms with van der Waals surface area (Å²) < 4.78 is 38.2. The summed E-state index contributed by atoms with van der Waals surface area (Å²) in [7, 11) is 0. The molecule has 2 aromatic carbocycles. The average Bonchev–Trinajstić information content (AvgIpc) is 3.24. The molecule has 2 aromatic heterocycles. The van der Waals surface area contributed by atoms with Crippen molar-refractivity contribution in [3.63, 3.8) is 0 Å². The number of fused-ring (bicyclic) bond motifs is 1. The van der Waals surface area contributed by atoms with E-state index in [-0.39, 0.29) is 0 Å². The Labute approximate surface area is 189 Å². The first-order chi connectivity index (χ1) is 15.9. The van der Waals surface area contributed by atoms with Crippen LogP contribution in [0.25, 0.3) is 22.6 Å². The minimum atomic E-state index is -4.29. The maximum absolute atomic E-state index is 12.7. The number of hydrogen-bond acceptors (Lipinski definition) is 4. The molecule has 0 radical (unpaired) electrons.